The second-order valence-electron chi connectivity index (χ2n) is 2.26. The van der Waals surface area contributed by atoms with Crippen molar-refractivity contribution in [2.45, 2.75) is 19.4 Å². The smallest absolute Gasteiger partial charge is 0.234 e. The first-order chi connectivity index (χ1) is 5.07. The molecule has 64 valence electrons. The molecule has 3 nitrogen and oxygen atoms in total. The van der Waals surface area contributed by atoms with Crippen molar-refractivity contribution in [2.24, 2.45) is 5.73 Å². The zero-order valence-corrected chi connectivity index (χ0v) is 7.32. The number of primary amides is 1. The van der Waals surface area contributed by atoms with Gasteiger partial charge in [-0.3, -0.25) is 4.79 Å². The maximum Gasteiger partial charge on any atom is 0.234 e. The summed E-state index contributed by atoms with van der Waals surface area (Å²) in [5.74, 6) is -0.356. The lowest BCUT2D eigenvalue weighted by molar-refractivity contribution is -0.120. The molecular weight excluding hydrogens is 164 g/mol. The van der Waals surface area contributed by atoms with E-state index in [1.165, 1.54) is 0 Å². The van der Waals surface area contributed by atoms with Gasteiger partial charge in [0.15, 0.2) is 0 Å². The summed E-state index contributed by atoms with van der Waals surface area (Å²) in [5, 5.41) is 3.34. The Kier molecular flexibility index (Phi) is 4.90. The molecule has 0 aromatic rings. The quantitative estimate of drug-likeness (QED) is 0.645. The van der Waals surface area contributed by atoms with Gasteiger partial charge in [0.1, 0.15) is 0 Å². The zero-order chi connectivity index (χ0) is 8.85. The highest BCUT2D eigenvalue weighted by Gasteiger charge is 2.10. The standard InChI is InChI=1S/C7H13ClN2O/c1-3-6(7(9)11)10-4-5(2)8/h6,10H,2-4H2,1H3,(H2,9,11). The van der Waals surface area contributed by atoms with Gasteiger partial charge in [0, 0.05) is 11.6 Å². The van der Waals surface area contributed by atoms with Crippen molar-refractivity contribution in [3.05, 3.63) is 11.6 Å². The molecule has 0 aliphatic carbocycles. The minimum absolute atomic E-state index is 0.300. The van der Waals surface area contributed by atoms with E-state index >= 15 is 0 Å². The molecule has 0 aromatic carbocycles. The number of hydrogen-bond donors (Lipinski definition) is 2. The van der Waals surface area contributed by atoms with E-state index in [0.29, 0.717) is 18.0 Å². The number of carbonyl (C=O) groups is 1. The van der Waals surface area contributed by atoms with Crippen LogP contribution < -0.4 is 11.1 Å². The largest absolute Gasteiger partial charge is 0.368 e. The number of amides is 1. The number of carbonyl (C=O) groups excluding carboxylic acids is 1. The van der Waals surface area contributed by atoms with E-state index in [9.17, 15) is 4.79 Å². The Morgan fingerprint density at radius 3 is 2.64 bits per heavy atom. The van der Waals surface area contributed by atoms with Gasteiger partial charge in [-0.2, -0.15) is 0 Å². The van der Waals surface area contributed by atoms with Crippen LogP contribution in [0, 0.1) is 0 Å². The molecular formula is C7H13ClN2O. The van der Waals surface area contributed by atoms with E-state index in [4.69, 9.17) is 17.3 Å². The summed E-state index contributed by atoms with van der Waals surface area (Å²) >= 11 is 5.47. The van der Waals surface area contributed by atoms with Crippen LogP contribution in [0.5, 0.6) is 0 Å². The number of nitrogens with two attached hydrogens (primary N) is 1. The van der Waals surface area contributed by atoms with E-state index in [1.807, 2.05) is 6.92 Å². The van der Waals surface area contributed by atoms with Crippen LogP contribution >= 0.6 is 11.6 Å². The third kappa shape index (κ3) is 4.81. The molecule has 0 saturated heterocycles. The molecule has 0 rings (SSSR count). The predicted octanol–water partition coefficient (Wildman–Crippen LogP) is 0.592. The molecule has 0 bridgehead atoms. The van der Waals surface area contributed by atoms with Crippen molar-refractivity contribution in [2.75, 3.05) is 6.54 Å². The monoisotopic (exact) mass is 176 g/mol. The van der Waals surface area contributed by atoms with Crippen molar-refractivity contribution in [1.29, 1.82) is 0 Å². The molecule has 3 N–H and O–H groups in total. The summed E-state index contributed by atoms with van der Waals surface area (Å²) in [6.45, 7) is 5.77. The summed E-state index contributed by atoms with van der Waals surface area (Å²) in [6.07, 6.45) is 0.666. The topological polar surface area (TPSA) is 55.1 Å². The van der Waals surface area contributed by atoms with Crippen LogP contribution in [0.2, 0.25) is 0 Å². The molecule has 1 unspecified atom stereocenters. The van der Waals surface area contributed by atoms with Crippen LogP contribution in [-0.2, 0) is 4.79 Å². The SMILES string of the molecule is C=C(Cl)CNC(CC)C(N)=O. The second-order valence-corrected chi connectivity index (χ2v) is 2.80. The summed E-state index contributed by atoms with van der Waals surface area (Å²) in [4.78, 5) is 10.6. The van der Waals surface area contributed by atoms with Crippen LogP contribution in [0.25, 0.3) is 0 Å². The van der Waals surface area contributed by atoms with Crippen molar-refractivity contribution < 1.29 is 4.79 Å². The first-order valence-electron chi connectivity index (χ1n) is 3.44. The first kappa shape index (κ1) is 10.5. The van der Waals surface area contributed by atoms with Gasteiger partial charge >= 0.3 is 0 Å². The molecule has 0 spiro atoms. The molecule has 0 aromatic heterocycles. The summed E-state index contributed by atoms with van der Waals surface area (Å²) in [7, 11) is 0. The van der Waals surface area contributed by atoms with Crippen molar-refractivity contribution in [3.63, 3.8) is 0 Å². The number of nitrogens with one attached hydrogen (secondary N) is 1. The van der Waals surface area contributed by atoms with Gasteiger partial charge in [-0.25, -0.2) is 0 Å². The maximum absolute atomic E-state index is 10.6. The molecule has 0 aliphatic heterocycles. The van der Waals surface area contributed by atoms with Crippen LogP contribution in [0.3, 0.4) is 0 Å². The van der Waals surface area contributed by atoms with Crippen LogP contribution in [0.15, 0.2) is 11.6 Å². The Morgan fingerprint density at radius 1 is 1.82 bits per heavy atom. The first-order valence-corrected chi connectivity index (χ1v) is 3.81. The average Bonchev–Trinajstić information content (AvgIpc) is 1.87. The van der Waals surface area contributed by atoms with Gasteiger partial charge in [0.25, 0.3) is 0 Å². The summed E-state index contributed by atoms with van der Waals surface area (Å²) in [5.41, 5.74) is 5.06. The van der Waals surface area contributed by atoms with E-state index in [2.05, 4.69) is 11.9 Å². The van der Waals surface area contributed by atoms with Gasteiger partial charge in [0.2, 0.25) is 5.91 Å². The van der Waals surface area contributed by atoms with E-state index in [0.717, 1.165) is 0 Å². The fourth-order valence-corrected chi connectivity index (χ4v) is 0.757. The highest BCUT2D eigenvalue weighted by molar-refractivity contribution is 6.29. The van der Waals surface area contributed by atoms with E-state index in [-0.39, 0.29) is 11.9 Å². The van der Waals surface area contributed by atoms with E-state index in [1.54, 1.807) is 0 Å². The number of halogens is 1. The Morgan fingerprint density at radius 2 is 2.36 bits per heavy atom. The molecule has 4 heteroatoms. The van der Waals surface area contributed by atoms with Crippen molar-refractivity contribution in [3.8, 4) is 0 Å². The van der Waals surface area contributed by atoms with Crippen LogP contribution in [0.4, 0.5) is 0 Å². The average molecular weight is 177 g/mol. The maximum atomic E-state index is 10.6. The van der Waals surface area contributed by atoms with Crippen LogP contribution in [0.1, 0.15) is 13.3 Å². The Bertz CT molecular complexity index is 159. The fourth-order valence-electron chi connectivity index (χ4n) is 0.680. The lowest BCUT2D eigenvalue weighted by atomic mass is 10.2. The summed E-state index contributed by atoms with van der Waals surface area (Å²) < 4.78 is 0. The minimum Gasteiger partial charge on any atom is -0.368 e. The molecule has 0 saturated carbocycles. The third-order valence-electron chi connectivity index (χ3n) is 1.29. The van der Waals surface area contributed by atoms with Gasteiger partial charge in [-0.05, 0) is 6.42 Å². The number of hydrogen-bond acceptors (Lipinski definition) is 2. The zero-order valence-electron chi connectivity index (χ0n) is 6.56. The van der Waals surface area contributed by atoms with Crippen molar-refractivity contribution in [1.82, 2.24) is 5.32 Å². The van der Waals surface area contributed by atoms with Gasteiger partial charge < -0.3 is 11.1 Å². The van der Waals surface area contributed by atoms with Gasteiger partial charge in [-0.15, -0.1) is 0 Å². The number of rotatable bonds is 5. The second kappa shape index (κ2) is 5.16. The normalized spacial score (nSPS) is 12.5. The van der Waals surface area contributed by atoms with Gasteiger partial charge in [-0.1, -0.05) is 25.1 Å². The van der Waals surface area contributed by atoms with Crippen LogP contribution in [-0.4, -0.2) is 18.5 Å². The highest BCUT2D eigenvalue weighted by atomic mass is 35.5. The Labute approximate surface area is 71.6 Å². The molecule has 0 heterocycles. The lowest BCUT2D eigenvalue weighted by Crippen LogP contribution is -2.41. The third-order valence-corrected chi connectivity index (χ3v) is 1.43. The Hall–Kier alpha value is -0.540. The highest BCUT2D eigenvalue weighted by Crippen LogP contribution is 1.95. The molecule has 1 atom stereocenters. The van der Waals surface area contributed by atoms with Crippen molar-refractivity contribution >= 4 is 17.5 Å². The minimum atomic E-state index is -0.356. The van der Waals surface area contributed by atoms with E-state index < -0.39 is 0 Å². The Balaban J connectivity index is 3.70. The van der Waals surface area contributed by atoms with Gasteiger partial charge in [0.05, 0.1) is 6.04 Å². The predicted molar refractivity (Wildman–Crippen MR) is 46.3 cm³/mol. The summed E-state index contributed by atoms with van der Waals surface area (Å²) in [6, 6.07) is -0.300. The molecule has 11 heavy (non-hydrogen) atoms. The molecule has 1 amide bonds. The fraction of sp³-hybridized carbons (Fsp3) is 0.571. The molecule has 0 fully saturated rings. The molecule has 0 radical (unpaired) electrons. The lowest BCUT2D eigenvalue weighted by Gasteiger charge is -2.11. The molecule has 0 aliphatic rings.